The molecule has 2 N–H and O–H groups in total. The molecule has 86 valence electrons. The van der Waals surface area contributed by atoms with Crippen molar-refractivity contribution in [3.05, 3.63) is 23.8 Å². The maximum atomic E-state index is 12.1. The van der Waals surface area contributed by atoms with Gasteiger partial charge in [-0.3, -0.25) is 4.31 Å². The van der Waals surface area contributed by atoms with Gasteiger partial charge in [0.2, 0.25) is 10.0 Å². The highest BCUT2D eigenvalue weighted by Crippen LogP contribution is 2.38. The maximum Gasteiger partial charge on any atom is 0.238 e. The van der Waals surface area contributed by atoms with Crippen LogP contribution in [0.5, 0.6) is 0 Å². The SMILES string of the molecule is Nc1ccc2c(c1)CCN2S(=O)(=O)C1CC1. The number of nitrogens with two attached hydrogens (primary N) is 1. The molecule has 16 heavy (non-hydrogen) atoms. The number of fused-ring (bicyclic) bond motifs is 1. The van der Waals surface area contributed by atoms with Gasteiger partial charge in [-0.1, -0.05) is 0 Å². The molecule has 0 spiro atoms. The van der Waals surface area contributed by atoms with Crippen molar-refractivity contribution in [1.82, 2.24) is 0 Å². The average molecular weight is 238 g/mol. The van der Waals surface area contributed by atoms with Crippen LogP contribution in [-0.2, 0) is 16.4 Å². The third-order valence-corrected chi connectivity index (χ3v) is 5.52. The zero-order chi connectivity index (χ0) is 11.3. The van der Waals surface area contributed by atoms with Gasteiger partial charge < -0.3 is 5.73 Å². The summed E-state index contributed by atoms with van der Waals surface area (Å²) in [6, 6.07) is 5.45. The van der Waals surface area contributed by atoms with Crippen LogP contribution in [0.2, 0.25) is 0 Å². The number of rotatable bonds is 2. The zero-order valence-electron chi connectivity index (χ0n) is 8.89. The minimum absolute atomic E-state index is 0.143. The number of anilines is 2. The lowest BCUT2D eigenvalue weighted by Gasteiger charge is -2.19. The summed E-state index contributed by atoms with van der Waals surface area (Å²) in [5.41, 5.74) is 8.25. The largest absolute Gasteiger partial charge is 0.399 e. The molecule has 0 bridgehead atoms. The molecule has 5 heteroatoms. The predicted molar refractivity (Wildman–Crippen MR) is 63.8 cm³/mol. The zero-order valence-corrected chi connectivity index (χ0v) is 9.70. The second-order valence-corrected chi connectivity index (χ2v) is 6.59. The van der Waals surface area contributed by atoms with Crippen LogP contribution in [0, 0.1) is 0 Å². The normalized spacial score (nSPS) is 19.9. The van der Waals surface area contributed by atoms with Gasteiger partial charge in [0.15, 0.2) is 0 Å². The van der Waals surface area contributed by atoms with Gasteiger partial charge in [-0.25, -0.2) is 8.42 Å². The summed E-state index contributed by atoms with van der Waals surface area (Å²) in [5, 5.41) is -0.143. The van der Waals surface area contributed by atoms with Crippen molar-refractivity contribution in [2.24, 2.45) is 0 Å². The van der Waals surface area contributed by atoms with Crippen LogP contribution in [0.15, 0.2) is 18.2 Å². The van der Waals surface area contributed by atoms with Crippen molar-refractivity contribution in [3.8, 4) is 0 Å². The Morgan fingerprint density at radius 3 is 2.75 bits per heavy atom. The number of sulfonamides is 1. The molecular formula is C11H14N2O2S. The number of nitrogen functional groups attached to an aromatic ring is 1. The molecule has 4 nitrogen and oxygen atoms in total. The molecule has 1 heterocycles. The summed E-state index contributed by atoms with van der Waals surface area (Å²) < 4.78 is 25.8. The first kappa shape index (κ1) is 9.96. The predicted octanol–water partition coefficient (Wildman–Crippen LogP) is 1.12. The van der Waals surface area contributed by atoms with Gasteiger partial charge >= 0.3 is 0 Å². The Morgan fingerprint density at radius 1 is 1.31 bits per heavy atom. The molecule has 3 rings (SSSR count). The Hall–Kier alpha value is -1.23. The van der Waals surface area contributed by atoms with Crippen molar-refractivity contribution in [2.75, 3.05) is 16.6 Å². The van der Waals surface area contributed by atoms with E-state index in [-0.39, 0.29) is 5.25 Å². The summed E-state index contributed by atoms with van der Waals surface area (Å²) >= 11 is 0. The highest BCUT2D eigenvalue weighted by atomic mass is 32.2. The number of benzene rings is 1. The van der Waals surface area contributed by atoms with Gasteiger partial charge in [0.05, 0.1) is 10.9 Å². The summed E-state index contributed by atoms with van der Waals surface area (Å²) in [5.74, 6) is 0. The van der Waals surface area contributed by atoms with Crippen molar-refractivity contribution in [1.29, 1.82) is 0 Å². The first-order chi connectivity index (χ1) is 7.59. The minimum Gasteiger partial charge on any atom is -0.399 e. The Balaban J connectivity index is 2.03. The van der Waals surface area contributed by atoms with Crippen LogP contribution < -0.4 is 10.0 Å². The summed E-state index contributed by atoms with van der Waals surface area (Å²) in [7, 11) is -3.10. The Kier molecular flexibility index (Phi) is 1.95. The van der Waals surface area contributed by atoms with Gasteiger partial charge in [0, 0.05) is 12.2 Å². The standard InChI is InChI=1S/C11H14N2O2S/c12-9-1-4-11-8(7-9)5-6-13(11)16(14,15)10-2-3-10/h1,4,7,10H,2-3,5-6,12H2. The summed E-state index contributed by atoms with van der Waals surface area (Å²) in [4.78, 5) is 0. The summed E-state index contributed by atoms with van der Waals surface area (Å²) in [6.45, 7) is 0.567. The minimum atomic E-state index is -3.10. The molecule has 1 saturated carbocycles. The topological polar surface area (TPSA) is 63.4 Å². The Labute approximate surface area is 95.1 Å². The molecule has 1 aliphatic carbocycles. The van der Waals surface area contributed by atoms with Crippen LogP contribution >= 0.6 is 0 Å². The van der Waals surface area contributed by atoms with Crippen LogP contribution in [0.25, 0.3) is 0 Å². The van der Waals surface area contributed by atoms with Gasteiger partial charge in [0.25, 0.3) is 0 Å². The molecule has 0 aromatic heterocycles. The first-order valence-corrected chi connectivity index (χ1v) is 6.99. The van der Waals surface area contributed by atoms with Crippen molar-refractivity contribution >= 4 is 21.4 Å². The highest BCUT2D eigenvalue weighted by molar-refractivity contribution is 7.93. The highest BCUT2D eigenvalue weighted by Gasteiger charge is 2.42. The van der Waals surface area contributed by atoms with E-state index >= 15 is 0 Å². The lowest BCUT2D eigenvalue weighted by molar-refractivity contribution is 0.591. The Bertz CT molecular complexity index is 535. The molecular weight excluding hydrogens is 224 g/mol. The van der Waals surface area contributed by atoms with E-state index in [9.17, 15) is 8.42 Å². The molecule has 0 atom stereocenters. The van der Waals surface area contributed by atoms with Crippen LogP contribution in [0.3, 0.4) is 0 Å². The van der Waals surface area contributed by atoms with Crippen LogP contribution in [0.1, 0.15) is 18.4 Å². The molecule has 2 aliphatic rings. The van der Waals surface area contributed by atoms with Gasteiger partial charge in [0.1, 0.15) is 0 Å². The fourth-order valence-electron chi connectivity index (χ4n) is 2.20. The van der Waals surface area contributed by atoms with Crippen LogP contribution in [-0.4, -0.2) is 20.2 Å². The molecule has 1 fully saturated rings. The van der Waals surface area contributed by atoms with Crippen molar-refractivity contribution in [2.45, 2.75) is 24.5 Å². The van der Waals surface area contributed by atoms with Gasteiger partial charge in [-0.2, -0.15) is 0 Å². The van der Waals surface area contributed by atoms with E-state index in [1.807, 2.05) is 12.1 Å². The molecule has 0 unspecified atom stereocenters. The third-order valence-electron chi connectivity index (χ3n) is 3.21. The number of nitrogens with zero attached hydrogens (tertiary/aromatic N) is 1. The quantitative estimate of drug-likeness (QED) is 0.785. The smallest absolute Gasteiger partial charge is 0.238 e. The first-order valence-electron chi connectivity index (χ1n) is 5.49. The molecule has 1 aromatic carbocycles. The molecule has 0 amide bonds. The second kappa shape index (κ2) is 3.13. The van der Waals surface area contributed by atoms with E-state index in [1.165, 1.54) is 0 Å². The monoisotopic (exact) mass is 238 g/mol. The third kappa shape index (κ3) is 1.38. The molecule has 1 aromatic rings. The van der Waals surface area contributed by atoms with E-state index in [0.29, 0.717) is 12.2 Å². The lowest BCUT2D eigenvalue weighted by atomic mass is 10.1. The van der Waals surface area contributed by atoms with Crippen LogP contribution in [0.4, 0.5) is 11.4 Å². The fourth-order valence-corrected chi connectivity index (χ4v) is 4.09. The molecule has 1 aliphatic heterocycles. The second-order valence-electron chi connectivity index (χ2n) is 4.45. The molecule has 0 radical (unpaired) electrons. The van der Waals surface area contributed by atoms with E-state index in [0.717, 1.165) is 30.5 Å². The fraction of sp³-hybridized carbons (Fsp3) is 0.455. The number of hydrogen-bond acceptors (Lipinski definition) is 3. The van der Waals surface area contributed by atoms with E-state index in [1.54, 1.807) is 10.4 Å². The number of hydrogen-bond donors (Lipinski definition) is 1. The average Bonchev–Trinajstić information content (AvgIpc) is 2.99. The summed E-state index contributed by atoms with van der Waals surface area (Å²) in [6.07, 6.45) is 2.39. The van der Waals surface area contributed by atoms with Crippen molar-refractivity contribution in [3.63, 3.8) is 0 Å². The van der Waals surface area contributed by atoms with Gasteiger partial charge in [-0.15, -0.1) is 0 Å². The Morgan fingerprint density at radius 2 is 2.06 bits per heavy atom. The van der Waals surface area contributed by atoms with E-state index < -0.39 is 10.0 Å². The maximum absolute atomic E-state index is 12.1. The van der Waals surface area contributed by atoms with Crippen molar-refractivity contribution < 1.29 is 8.42 Å². The van der Waals surface area contributed by atoms with Gasteiger partial charge in [-0.05, 0) is 43.0 Å². The van der Waals surface area contributed by atoms with E-state index in [2.05, 4.69) is 0 Å². The lowest BCUT2D eigenvalue weighted by Crippen LogP contribution is -2.32. The molecule has 0 saturated heterocycles. The van der Waals surface area contributed by atoms with E-state index in [4.69, 9.17) is 5.73 Å².